The Bertz CT molecular complexity index is 715. The third kappa shape index (κ3) is 3.46. The zero-order valence-electron chi connectivity index (χ0n) is 11.8. The van der Waals surface area contributed by atoms with Gasteiger partial charge < -0.3 is 5.11 Å². The Kier molecular flexibility index (Phi) is 4.76. The van der Waals surface area contributed by atoms with E-state index in [-0.39, 0.29) is 37.7 Å². The van der Waals surface area contributed by atoms with E-state index in [1.165, 1.54) is 26.0 Å². The van der Waals surface area contributed by atoms with Crippen LogP contribution in [-0.4, -0.2) is 63.0 Å². The van der Waals surface area contributed by atoms with Gasteiger partial charge in [0.25, 0.3) is 0 Å². The summed E-state index contributed by atoms with van der Waals surface area (Å²) < 4.78 is 50.6. The highest BCUT2D eigenvalue weighted by Crippen LogP contribution is 2.28. The Balaban J connectivity index is 2.20. The Morgan fingerprint density at radius 1 is 1.14 bits per heavy atom. The second kappa shape index (κ2) is 5.94. The Labute approximate surface area is 128 Å². The number of aryl methyl sites for hydroxylation is 1. The Morgan fingerprint density at radius 2 is 1.67 bits per heavy atom. The van der Waals surface area contributed by atoms with Crippen LogP contribution in [0.5, 0.6) is 0 Å². The van der Waals surface area contributed by atoms with Crippen LogP contribution in [0.15, 0.2) is 11.0 Å². The highest BCUT2D eigenvalue weighted by Gasteiger charge is 2.32. The van der Waals surface area contributed by atoms with E-state index in [1.807, 2.05) is 0 Å². The van der Waals surface area contributed by atoms with Crippen LogP contribution < -0.4 is 0 Å². The summed E-state index contributed by atoms with van der Waals surface area (Å²) >= 11 is 1.25. The quantitative estimate of drug-likeness (QED) is 0.809. The van der Waals surface area contributed by atoms with E-state index < -0.39 is 20.0 Å². The predicted molar refractivity (Wildman–Crippen MR) is 80.2 cm³/mol. The Hall–Kier alpha value is -0.520. The third-order valence-electron chi connectivity index (χ3n) is 3.36. The SMILES string of the molecule is Cc1sc(CO)cc1S(=O)(=O)N1CCN(S(C)(=O)=O)CC1. The van der Waals surface area contributed by atoms with Crippen LogP contribution in [0.25, 0.3) is 0 Å². The standard InChI is InChI=1S/C11H18N2O5S3/c1-9-11(7-10(8-14)19-9)21(17,18)13-5-3-12(4-6-13)20(2,15)16/h7,14H,3-6,8H2,1-2H3. The molecule has 21 heavy (non-hydrogen) atoms. The largest absolute Gasteiger partial charge is 0.391 e. The first-order valence-electron chi connectivity index (χ1n) is 6.31. The molecule has 1 aliphatic heterocycles. The number of aliphatic hydroxyl groups is 1. The number of hydrogen-bond donors (Lipinski definition) is 1. The molecule has 2 rings (SSSR count). The number of rotatable bonds is 4. The highest BCUT2D eigenvalue weighted by molar-refractivity contribution is 7.89. The number of aliphatic hydroxyl groups excluding tert-OH is 1. The average molecular weight is 354 g/mol. The van der Waals surface area contributed by atoms with Crippen molar-refractivity contribution in [3.05, 3.63) is 15.8 Å². The molecular weight excluding hydrogens is 336 g/mol. The van der Waals surface area contributed by atoms with Crippen LogP contribution in [0.4, 0.5) is 0 Å². The van der Waals surface area contributed by atoms with Gasteiger partial charge in [-0.15, -0.1) is 11.3 Å². The van der Waals surface area contributed by atoms with Gasteiger partial charge in [0.05, 0.1) is 17.8 Å². The summed E-state index contributed by atoms with van der Waals surface area (Å²) in [4.78, 5) is 1.43. The highest BCUT2D eigenvalue weighted by atomic mass is 32.2. The maximum absolute atomic E-state index is 12.6. The summed E-state index contributed by atoms with van der Waals surface area (Å²) in [6, 6.07) is 1.48. The molecule has 1 aliphatic rings. The molecule has 0 radical (unpaired) electrons. The van der Waals surface area contributed by atoms with E-state index >= 15 is 0 Å². The summed E-state index contributed by atoms with van der Waals surface area (Å²) in [5.41, 5.74) is 0. The van der Waals surface area contributed by atoms with Crippen LogP contribution in [0.3, 0.4) is 0 Å². The first-order valence-corrected chi connectivity index (χ1v) is 10.4. The van der Waals surface area contributed by atoms with Crippen molar-refractivity contribution in [1.82, 2.24) is 8.61 Å². The molecule has 0 saturated carbocycles. The van der Waals surface area contributed by atoms with E-state index in [2.05, 4.69) is 0 Å². The first-order chi connectivity index (χ1) is 9.66. The van der Waals surface area contributed by atoms with Gasteiger partial charge in [-0.3, -0.25) is 0 Å². The van der Waals surface area contributed by atoms with Gasteiger partial charge in [0.2, 0.25) is 20.0 Å². The van der Waals surface area contributed by atoms with Crippen LogP contribution >= 0.6 is 11.3 Å². The Morgan fingerprint density at radius 3 is 2.10 bits per heavy atom. The lowest BCUT2D eigenvalue weighted by molar-refractivity contribution is 0.274. The summed E-state index contributed by atoms with van der Waals surface area (Å²) in [5.74, 6) is 0. The van der Waals surface area contributed by atoms with Crippen molar-refractivity contribution < 1.29 is 21.9 Å². The van der Waals surface area contributed by atoms with Gasteiger partial charge in [-0.25, -0.2) is 16.8 Å². The smallest absolute Gasteiger partial charge is 0.244 e. The van der Waals surface area contributed by atoms with Crippen molar-refractivity contribution in [2.45, 2.75) is 18.4 Å². The molecule has 7 nitrogen and oxygen atoms in total. The number of sulfonamides is 2. The fraction of sp³-hybridized carbons (Fsp3) is 0.636. The van der Waals surface area contributed by atoms with Crippen LogP contribution in [-0.2, 0) is 26.7 Å². The van der Waals surface area contributed by atoms with E-state index in [9.17, 15) is 16.8 Å². The molecule has 0 amide bonds. The molecule has 0 bridgehead atoms. The van der Waals surface area contributed by atoms with Crippen molar-refractivity contribution in [1.29, 1.82) is 0 Å². The predicted octanol–water partition coefficient (Wildman–Crippen LogP) is -0.185. The van der Waals surface area contributed by atoms with E-state index in [1.54, 1.807) is 6.92 Å². The minimum absolute atomic E-state index is 0.138. The second-order valence-corrected chi connectivity index (χ2v) is 10.1. The molecule has 0 spiro atoms. The number of nitrogens with zero attached hydrogens (tertiary/aromatic N) is 2. The zero-order valence-corrected chi connectivity index (χ0v) is 14.3. The lowest BCUT2D eigenvalue weighted by atomic mass is 10.4. The molecule has 0 unspecified atom stereocenters. The summed E-state index contributed by atoms with van der Waals surface area (Å²) in [6.45, 7) is 2.10. The molecule has 2 heterocycles. The van der Waals surface area contributed by atoms with Gasteiger partial charge in [-0.05, 0) is 13.0 Å². The van der Waals surface area contributed by atoms with Gasteiger partial charge in [-0.1, -0.05) is 0 Å². The van der Waals surface area contributed by atoms with E-state index in [0.29, 0.717) is 9.75 Å². The van der Waals surface area contributed by atoms with E-state index in [4.69, 9.17) is 5.11 Å². The maximum atomic E-state index is 12.6. The van der Waals surface area contributed by atoms with Crippen LogP contribution in [0.2, 0.25) is 0 Å². The summed E-state index contributed by atoms with van der Waals surface area (Å²) in [7, 11) is -6.93. The van der Waals surface area contributed by atoms with Gasteiger partial charge in [0.1, 0.15) is 0 Å². The van der Waals surface area contributed by atoms with Crippen molar-refractivity contribution >= 4 is 31.4 Å². The molecule has 0 aliphatic carbocycles. The minimum atomic E-state index is -3.64. The van der Waals surface area contributed by atoms with Gasteiger partial charge in [0.15, 0.2) is 0 Å². The second-order valence-electron chi connectivity index (χ2n) is 4.86. The molecule has 1 N–H and O–H groups in total. The first kappa shape index (κ1) is 16.8. The van der Waals surface area contributed by atoms with Gasteiger partial charge in [-0.2, -0.15) is 8.61 Å². The van der Waals surface area contributed by atoms with Crippen LogP contribution in [0.1, 0.15) is 9.75 Å². The monoisotopic (exact) mass is 354 g/mol. The molecule has 10 heteroatoms. The third-order valence-corrected chi connectivity index (χ3v) is 7.86. The molecule has 0 atom stereocenters. The van der Waals surface area contributed by atoms with Crippen molar-refractivity contribution in [2.75, 3.05) is 32.4 Å². The normalized spacial score (nSPS) is 19.0. The van der Waals surface area contributed by atoms with Gasteiger partial charge >= 0.3 is 0 Å². The maximum Gasteiger partial charge on any atom is 0.244 e. The molecule has 1 aromatic rings. The molecule has 1 fully saturated rings. The fourth-order valence-electron chi connectivity index (χ4n) is 2.24. The molecule has 0 aromatic carbocycles. The number of piperazine rings is 1. The van der Waals surface area contributed by atoms with Crippen LogP contribution in [0, 0.1) is 6.92 Å². The van der Waals surface area contributed by atoms with Crippen molar-refractivity contribution in [3.63, 3.8) is 0 Å². The van der Waals surface area contributed by atoms with Crippen molar-refractivity contribution in [2.24, 2.45) is 0 Å². The molecule has 120 valence electrons. The number of hydrogen-bond acceptors (Lipinski definition) is 6. The lowest BCUT2D eigenvalue weighted by Gasteiger charge is -2.32. The summed E-state index contributed by atoms with van der Waals surface area (Å²) in [5, 5.41) is 9.10. The average Bonchev–Trinajstić information content (AvgIpc) is 2.80. The molecule has 1 aromatic heterocycles. The van der Waals surface area contributed by atoms with Gasteiger partial charge in [0, 0.05) is 35.9 Å². The van der Waals surface area contributed by atoms with E-state index in [0.717, 1.165) is 6.26 Å². The molecular formula is C11H18N2O5S3. The topological polar surface area (TPSA) is 95.0 Å². The molecule has 1 saturated heterocycles. The zero-order chi connectivity index (χ0) is 15.8. The van der Waals surface area contributed by atoms with Crippen molar-refractivity contribution in [3.8, 4) is 0 Å². The fourth-order valence-corrected chi connectivity index (χ4v) is 5.95. The number of thiophene rings is 1. The summed E-state index contributed by atoms with van der Waals surface area (Å²) in [6.07, 6.45) is 1.12. The minimum Gasteiger partial charge on any atom is -0.391 e. The lowest BCUT2D eigenvalue weighted by Crippen LogP contribution is -2.50.